The van der Waals surface area contributed by atoms with Gasteiger partial charge in [-0.05, 0) is 12.7 Å². The molecule has 2 unspecified atom stereocenters. The summed E-state index contributed by atoms with van der Waals surface area (Å²) in [6, 6.07) is 0. The molecule has 0 bridgehead atoms. The molecule has 0 aliphatic rings. The Morgan fingerprint density at radius 1 is 0.933 bits per heavy atom. The van der Waals surface area contributed by atoms with Crippen molar-refractivity contribution < 1.29 is 10.2 Å². The smallest absolute Gasteiger partial charge is 0.0720 e. The van der Waals surface area contributed by atoms with Crippen LogP contribution in [0.1, 0.15) is 13.3 Å². The van der Waals surface area contributed by atoms with Crippen LogP contribution in [0, 0.1) is 0 Å². The molecule has 2 atom stereocenters. The molecular formula is C10H22O2S3. The number of hydrogen-bond donors (Lipinski definition) is 2. The van der Waals surface area contributed by atoms with Gasteiger partial charge in [-0.2, -0.15) is 35.3 Å². The highest BCUT2D eigenvalue weighted by Crippen LogP contribution is 2.12. The zero-order valence-electron chi connectivity index (χ0n) is 9.52. The number of aliphatic hydroxyl groups is 2. The molecule has 5 heteroatoms. The van der Waals surface area contributed by atoms with E-state index in [2.05, 4.69) is 6.26 Å². The monoisotopic (exact) mass is 270 g/mol. The Morgan fingerprint density at radius 3 is 2.13 bits per heavy atom. The summed E-state index contributed by atoms with van der Waals surface area (Å²) < 4.78 is 0. The van der Waals surface area contributed by atoms with Crippen LogP contribution in [0.5, 0.6) is 0 Å². The first-order chi connectivity index (χ1) is 7.20. The Balaban J connectivity index is 3.21. The third kappa shape index (κ3) is 11.2. The minimum absolute atomic E-state index is 0.216. The van der Waals surface area contributed by atoms with E-state index in [4.69, 9.17) is 0 Å². The van der Waals surface area contributed by atoms with Crippen LogP contribution >= 0.6 is 35.3 Å². The molecular weight excluding hydrogens is 248 g/mol. The highest BCUT2D eigenvalue weighted by Gasteiger charge is 2.06. The van der Waals surface area contributed by atoms with E-state index >= 15 is 0 Å². The third-order valence-corrected chi connectivity index (χ3v) is 5.06. The molecule has 2 nitrogen and oxygen atoms in total. The topological polar surface area (TPSA) is 40.5 Å². The van der Waals surface area contributed by atoms with Crippen LogP contribution in [-0.2, 0) is 0 Å². The molecule has 0 aliphatic carbocycles. The SMILES string of the molecule is CCC(O)CSCC(O)CSCCSC. The van der Waals surface area contributed by atoms with Gasteiger partial charge in [-0.1, -0.05) is 6.92 Å². The maximum absolute atomic E-state index is 9.60. The van der Waals surface area contributed by atoms with Crippen LogP contribution in [0.4, 0.5) is 0 Å². The molecule has 0 radical (unpaired) electrons. The van der Waals surface area contributed by atoms with Crippen molar-refractivity contribution in [2.45, 2.75) is 25.6 Å². The van der Waals surface area contributed by atoms with Crippen LogP contribution in [0.15, 0.2) is 0 Å². The summed E-state index contributed by atoms with van der Waals surface area (Å²) in [7, 11) is 0. The molecule has 92 valence electrons. The van der Waals surface area contributed by atoms with Crippen molar-refractivity contribution in [2.24, 2.45) is 0 Å². The molecule has 0 rings (SSSR count). The summed E-state index contributed by atoms with van der Waals surface area (Å²) in [5.41, 5.74) is 0. The van der Waals surface area contributed by atoms with Crippen molar-refractivity contribution in [3.8, 4) is 0 Å². The van der Waals surface area contributed by atoms with E-state index in [1.807, 2.05) is 18.7 Å². The van der Waals surface area contributed by atoms with Gasteiger partial charge in [-0.3, -0.25) is 0 Å². The first-order valence-electron chi connectivity index (χ1n) is 5.21. The minimum atomic E-state index is -0.231. The van der Waals surface area contributed by atoms with Gasteiger partial charge in [-0.15, -0.1) is 0 Å². The minimum Gasteiger partial charge on any atom is -0.392 e. The van der Waals surface area contributed by atoms with Crippen LogP contribution in [0.3, 0.4) is 0 Å². The van der Waals surface area contributed by atoms with Crippen molar-refractivity contribution in [2.75, 3.05) is 35.0 Å². The number of rotatable bonds is 10. The van der Waals surface area contributed by atoms with Crippen molar-refractivity contribution in [3.63, 3.8) is 0 Å². The van der Waals surface area contributed by atoms with Crippen molar-refractivity contribution in [1.29, 1.82) is 0 Å². The molecule has 0 spiro atoms. The molecule has 0 heterocycles. The summed E-state index contributed by atoms with van der Waals surface area (Å²) in [4.78, 5) is 0. The van der Waals surface area contributed by atoms with E-state index in [1.54, 1.807) is 23.5 Å². The maximum atomic E-state index is 9.60. The van der Waals surface area contributed by atoms with Gasteiger partial charge in [0.25, 0.3) is 0 Å². The van der Waals surface area contributed by atoms with E-state index < -0.39 is 0 Å². The maximum Gasteiger partial charge on any atom is 0.0720 e. The fraction of sp³-hybridized carbons (Fsp3) is 1.00. The molecule has 0 amide bonds. The van der Waals surface area contributed by atoms with Gasteiger partial charge < -0.3 is 10.2 Å². The van der Waals surface area contributed by atoms with Gasteiger partial charge in [0.05, 0.1) is 12.2 Å². The fourth-order valence-electron chi connectivity index (χ4n) is 0.868. The van der Waals surface area contributed by atoms with Gasteiger partial charge in [0.15, 0.2) is 0 Å². The molecule has 0 aromatic carbocycles. The normalized spacial score (nSPS) is 15.2. The second kappa shape index (κ2) is 11.5. The zero-order chi connectivity index (χ0) is 11.5. The van der Waals surface area contributed by atoms with Crippen LogP contribution < -0.4 is 0 Å². The lowest BCUT2D eigenvalue weighted by molar-refractivity contribution is 0.194. The van der Waals surface area contributed by atoms with Crippen LogP contribution in [0.25, 0.3) is 0 Å². The summed E-state index contributed by atoms with van der Waals surface area (Å²) in [6.45, 7) is 1.97. The molecule has 0 aromatic rings. The Labute approximate surface area is 106 Å². The fourth-order valence-corrected chi connectivity index (χ4v) is 3.75. The Kier molecular flexibility index (Phi) is 12.2. The lowest BCUT2D eigenvalue weighted by Gasteiger charge is -2.11. The number of thioether (sulfide) groups is 3. The first kappa shape index (κ1) is 16.0. The second-order valence-electron chi connectivity index (χ2n) is 3.32. The summed E-state index contributed by atoms with van der Waals surface area (Å²) in [5, 5.41) is 18.9. The van der Waals surface area contributed by atoms with Crippen LogP contribution in [0.2, 0.25) is 0 Å². The molecule has 0 aromatic heterocycles. The van der Waals surface area contributed by atoms with E-state index in [9.17, 15) is 10.2 Å². The van der Waals surface area contributed by atoms with Crippen molar-refractivity contribution in [3.05, 3.63) is 0 Å². The molecule has 0 fully saturated rings. The highest BCUT2D eigenvalue weighted by molar-refractivity contribution is 8.02. The molecule has 15 heavy (non-hydrogen) atoms. The van der Waals surface area contributed by atoms with E-state index in [-0.39, 0.29) is 12.2 Å². The second-order valence-corrected chi connectivity index (χ2v) is 6.53. The van der Waals surface area contributed by atoms with Gasteiger partial charge in [-0.25, -0.2) is 0 Å². The van der Waals surface area contributed by atoms with Gasteiger partial charge in [0.2, 0.25) is 0 Å². The van der Waals surface area contributed by atoms with E-state index in [0.717, 1.165) is 35.2 Å². The average Bonchev–Trinajstić information content (AvgIpc) is 2.24. The summed E-state index contributed by atoms with van der Waals surface area (Å²) in [6.07, 6.45) is 2.45. The lowest BCUT2D eigenvalue weighted by Crippen LogP contribution is -2.16. The Hall–Kier alpha value is 0.970. The molecule has 2 N–H and O–H groups in total. The van der Waals surface area contributed by atoms with Crippen LogP contribution in [-0.4, -0.2) is 57.4 Å². The highest BCUT2D eigenvalue weighted by atomic mass is 32.2. The predicted octanol–water partition coefficient (Wildman–Crippen LogP) is 1.95. The average molecular weight is 270 g/mol. The number of aliphatic hydroxyl groups excluding tert-OH is 2. The summed E-state index contributed by atoms with van der Waals surface area (Å²) in [5.74, 6) is 4.56. The van der Waals surface area contributed by atoms with Crippen molar-refractivity contribution in [1.82, 2.24) is 0 Å². The van der Waals surface area contributed by atoms with Crippen molar-refractivity contribution >= 4 is 35.3 Å². The van der Waals surface area contributed by atoms with Gasteiger partial charge in [0.1, 0.15) is 0 Å². The lowest BCUT2D eigenvalue weighted by atomic mass is 10.3. The van der Waals surface area contributed by atoms with Gasteiger partial charge >= 0.3 is 0 Å². The standard InChI is InChI=1S/C10H22O2S3/c1-3-9(11)6-15-8-10(12)7-14-5-4-13-2/h9-12H,3-8H2,1-2H3. The Morgan fingerprint density at radius 2 is 1.53 bits per heavy atom. The quantitative estimate of drug-likeness (QED) is 0.594. The van der Waals surface area contributed by atoms with E-state index in [1.165, 1.54) is 0 Å². The molecule has 0 aliphatic heterocycles. The molecule has 0 saturated carbocycles. The first-order valence-corrected chi connectivity index (χ1v) is 8.91. The number of hydrogen-bond acceptors (Lipinski definition) is 5. The summed E-state index contributed by atoms with van der Waals surface area (Å²) >= 11 is 5.28. The Bertz CT molecular complexity index is 136. The van der Waals surface area contributed by atoms with E-state index in [0.29, 0.717) is 0 Å². The largest absolute Gasteiger partial charge is 0.392 e. The van der Waals surface area contributed by atoms with Gasteiger partial charge in [0, 0.05) is 28.8 Å². The third-order valence-electron chi connectivity index (χ3n) is 1.83. The predicted molar refractivity (Wildman–Crippen MR) is 75.3 cm³/mol. The zero-order valence-corrected chi connectivity index (χ0v) is 12.0. The molecule has 0 saturated heterocycles.